The first-order valence-electron chi connectivity index (χ1n) is 5.80. The normalized spacial score (nSPS) is 12.5. The van der Waals surface area contributed by atoms with Gasteiger partial charge in [-0.3, -0.25) is 0 Å². The number of allylic oxidation sites excluding steroid dienone is 2. The maximum Gasteiger partial charge on any atom is 0.344 e. The Labute approximate surface area is 105 Å². The van der Waals surface area contributed by atoms with Crippen molar-refractivity contribution < 1.29 is 18.3 Å². The summed E-state index contributed by atoms with van der Waals surface area (Å²) in [6.45, 7) is 5.06. The molecule has 0 rings (SSSR count). The van der Waals surface area contributed by atoms with Crippen molar-refractivity contribution in [2.75, 3.05) is 27.4 Å². The summed E-state index contributed by atoms with van der Waals surface area (Å²) in [6, 6.07) is 1.59. The first kappa shape index (κ1) is 16.2. The van der Waals surface area contributed by atoms with Crippen molar-refractivity contribution in [2.45, 2.75) is 25.9 Å². The third-order valence-electron chi connectivity index (χ3n) is 2.41. The molecule has 0 bridgehead atoms. The zero-order chi connectivity index (χ0) is 13.0. The maximum atomic E-state index is 5.56. The van der Waals surface area contributed by atoms with Gasteiger partial charge in [-0.25, -0.2) is 0 Å². The summed E-state index contributed by atoms with van der Waals surface area (Å²) < 4.78 is 21.7. The Morgan fingerprint density at radius 2 is 1.24 bits per heavy atom. The molecule has 0 amide bonds. The van der Waals surface area contributed by atoms with E-state index in [-0.39, 0.29) is 0 Å². The van der Waals surface area contributed by atoms with Crippen LogP contribution in [0, 0.1) is 0 Å². The smallest absolute Gasteiger partial charge is 0.344 e. The maximum absolute atomic E-state index is 5.56. The van der Waals surface area contributed by atoms with Crippen LogP contribution < -0.4 is 0 Å². The fourth-order valence-electron chi connectivity index (χ4n) is 1.37. The molecule has 17 heavy (non-hydrogen) atoms. The number of rotatable bonds is 10. The van der Waals surface area contributed by atoms with E-state index in [1.54, 1.807) is 26.7 Å². The van der Waals surface area contributed by atoms with Crippen LogP contribution in [0.3, 0.4) is 0 Å². The molecule has 0 aliphatic rings. The molecule has 0 aliphatic heterocycles. The number of hydrogen-bond donors (Lipinski definition) is 0. The lowest BCUT2D eigenvalue weighted by atomic mass is 10.7. The van der Waals surface area contributed by atoms with Gasteiger partial charge in [0.05, 0.1) is 25.7 Å². The average Bonchev–Trinajstić information content (AvgIpc) is 2.37. The summed E-state index contributed by atoms with van der Waals surface area (Å²) >= 11 is 0. The fourth-order valence-corrected chi connectivity index (χ4v) is 3.46. The lowest BCUT2D eigenvalue weighted by Gasteiger charge is -2.26. The molecule has 0 spiro atoms. The molecule has 100 valence electrons. The third kappa shape index (κ3) is 7.20. The molecular weight excluding hydrogens is 236 g/mol. The van der Waals surface area contributed by atoms with Gasteiger partial charge in [-0.15, -0.1) is 0 Å². The summed E-state index contributed by atoms with van der Waals surface area (Å²) in [4.78, 5) is 0. The minimum Gasteiger partial charge on any atom is -0.502 e. The SMILES string of the molecule is CC=COCC[Si](CCOC=CC)(OC)OC. The zero-order valence-electron chi connectivity index (χ0n) is 11.3. The van der Waals surface area contributed by atoms with Gasteiger partial charge in [-0.2, -0.15) is 0 Å². The van der Waals surface area contributed by atoms with Crippen LogP contribution in [0.5, 0.6) is 0 Å². The van der Waals surface area contributed by atoms with E-state index in [1.165, 1.54) is 0 Å². The highest BCUT2D eigenvalue weighted by Crippen LogP contribution is 2.17. The van der Waals surface area contributed by atoms with E-state index in [0.717, 1.165) is 12.1 Å². The van der Waals surface area contributed by atoms with Gasteiger partial charge in [-0.05, 0) is 13.8 Å². The first-order valence-corrected chi connectivity index (χ1v) is 8.03. The van der Waals surface area contributed by atoms with Crippen molar-refractivity contribution in [1.82, 2.24) is 0 Å². The molecule has 5 heteroatoms. The summed E-state index contributed by atoms with van der Waals surface area (Å²) in [5.41, 5.74) is 0. The highest BCUT2D eigenvalue weighted by atomic mass is 28.4. The Kier molecular flexibility index (Phi) is 9.90. The van der Waals surface area contributed by atoms with E-state index in [2.05, 4.69) is 0 Å². The minimum absolute atomic E-state index is 0.613. The van der Waals surface area contributed by atoms with E-state index in [4.69, 9.17) is 18.3 Å². The number of ether oxygens (including phenoxy) is 2. The molecule has 0 fully saturated rings. The van der Waals surface area contributed by atoms with E-state index in [0.29, 0.717) is 13.2 Å². The summed E-state index contributed by atoms with van der Waals surface area (Å²) in [7, 11) is 1.23. The van der Waals surface area contributed by atoms with Crippen LogP contribution in [0.15, 0.2) is 24.7 Å². The lowest BCUT2D eigenvalue weighted by molar-refractivity contribution is 0.195. The fraction of sp³-hybridized carbons (Fsp3) is 0.667. The van der Waals surface area contributed by atoms with Gasteiger partial charge in [0.25, 0.3) is 0 Å². The Morgan fingerprint density at radius 1 is 0.824 bits per heavy atom. The van der Waals surface area contributed by atoms with Gasteiger partial charge in [0.1, 0.15) is 0 Å². The predicted octanol–water partition coefficient (Wildman–Crippen LogP) is 2.82. The second-order valence-corrected chi connectivity index (χ2v) is 7.14. The van der Waals surface area contributed by atoms with Crippen molar-refractivity contribution in [3.63, 3.8) is 0 Å². The van der Waals surface area contributed by atoms with Crippen molar-refractivity contribution >= 4 is 8.56 Å². The van der Waals surface area contributed by atoms with Crippen LogP contribution in [0.25, 0.3) is 0 Å². The van der Waals surface area contributed by atoms with Gasteiger partial charge >= 0.3 is 8.56 Å². The molecular formula is C12H24O4Si. The van der Waals surface area contributed by atoms with Crippen LogP contribution in [0.1, 0.15) is 13.8 Å². The molecule has 0 radical (unpaired) electrons. The standard InChI is InChI=1S/C12H24O4Si/c1-5-7-15-9-11-17(13-3,14-4)12-10-16-8-6-2/h5-8H,9-12H2,1-4H3. The average molecular weight is 260 g/mol. The van der Waals surface area contributed by atoms with Gasteiger partial charge in [0.2, 0.25) is 0 Å². The first-order chi connectivity index (χ1) is 8.24. The van der Waals surface area contributed by atoms with E-state index in [1.807, 2.05) is 26.0 Å². The van der Waals surface area contributed by atoms with Gasteiger partial charge in [0.15, 0.2) is 0 Å². The summed E-state index contributed by atoms with van der Waals surface area (Å²) in [6.07, 6.45) is 7.08. The highest BCUT2D eigenvalue weighted by molar-refractivity contribution is 6.67. The molecule has 0 aliphatic carbocycles. The van der Waals surface area contributed by atoms with E-state index < -0.39 is 8.56 Å². The molecule has 0 aromatic rings. The molecule has 0 N–H and O–H groups in total. The van der Waals surface area contributed by atoms with Gasteiger partial charge in [0, 0.05) is 26.3 Å². The third-order valence-corrected chi connectivity index (χ3v) is 5.83. The molecule has 0 unspecified atom stereocenters. The Balaban J connectivity index is 4.05. The molecule has 0 atom stereocenters. The van der Waals surface area contributed by atoms with Crippen LogP contribution in [-0.4, -0.2) is 36.0 Å². The van der Waals surface area contributed by atoms with Crippen molar-refractivity contribution in [1.29, 1.82) is 0 Å². The van der Waals surface area contributed by atoms with Crippen LogP contribution in [-0.2, 0) is 18.3 Å². The second-order valence-electron chi connectivity index (χ2n) is 3.50. The Bertz CT molecular complexity index is 205. The molecule has 0 saturated carbocycles. The number of hydrogen-bond acceptors (Lipinski definition) is 4. The molecule has 0 aromatic heterocycles. The summed E-state index contributed by atoms with van der Waals surface area (Å²) in [5, 5.41) is 0. The topological polar surface area (TPSA) is 36.9 Å². The predicted molar refractivity (Wildman–Crippen MR) is 70.9 cm³/mol. The van der Waals surface area contributed by atoms with Crippen molar-refractivity contribution in [3.05, 3.63) is 24.7 Å². The monoisotopic (exact) mass is 260 g/mol. The van der Waals surface area contributed by atoms with Gasteiger partial charge < -0.3 is 18.3 Å². The largest absolute Gasteiger partial charge is 0.502 e. The molecule has 4 nitrogen and oxygen atoms in total. The quantitative estimate of drug-likeness (QED) is 0.344. The highest BCUT2D eigenvalue weighted by Gasteiger charge is 2.35. The zero-order valence-corrected chi connectivity index (χ0v) is 12.3. The van der Waals surface area contributed by atoms with Crippen molar-refractivity contribution in [2.24, 2.45) is 0 Å². The van der Waals surface area contributed by atoms with Crippen LogP contribution >= 0.6 is 0 Å². The molecule has 0 saturated heterocycles. The molecule has 0 aromatic carbocycles. The van der Waals surface area contributed by atoms with Gasteiger partial charge in [-0.1, -0.05) is 12.2 Å². The van der Waals surface area contributed by atoms with E-state index >= 15 is 0 Å². The summed E-state index contributed by atoms with van der Waals surface area (Å²) in [5.74, 6) is 0. The van der Waals surface area contributed by atoms with E-state index in [9.17, 15) is 0 Å². The Morgan fingerprint density at radius 3 is 1.53 bits per heavy atom. The van der Waals surface area contributed by atoms with Crippen LogP contribution in [0.4, 0.5) is 0 Å². The van der Waals surface area contributed by atoms with Crippen LogP contribution in [0.2, 0.25) is 12.1 Å². The Hall–Kier alpha value is -0.783. The minimum atomic E-state index is -2.16. The van der Waals surface area contributed by atoms with Crippen molar-refractivity contribution in [3.8, 4) is 0 Å². The lowest BCUT2D eigenvalue weighted by Crippen LogP contribution is -2.41. The molecule has 0 heterocycles. The second kappa shape index (κ2) is 10.4.